The Bertz CT molecular complexity index is 529. The largest absolute Gasteiger partial charge is 0.374 e. The molecule has 0 spiro atoms. The first-order valence-electron chi connectivity index (χ1n) is 7.34. The van der Waals surface area contributed by atoms with Gasteiger partial charge in [-0.1, -0.05) is 44.7 Å². The molecular formula is C18H26N2O2. The van der Waals surface area contributed by atoms with E-state index in [1.807, 2.05) is 25.3 Å². The van der Waals surface area contributed by atoms with Crippen LogP contribution in [0.5, 0.6) is 0 Å². The smallest absolute Gasteiger partial charge is 0.321 e. The van der Waals surface area contributed by atoms with Gasteiger partial charge in [-0.2, -0.15) is 5.90 Å². The molecule has 0 unspecified atom stereocenters. The maximum atomic E-state index is 9.47. The minimum absolute atomic E-state index is 0.468. The molecule has 1 heterocycles. The lowest BCUT2D eigenvalue weighted by Crippen LogP contribution is -2.03. The Labute approximate surface area is 133 Å². The van der Waals surface area contributed by atoms with Crippen molar-refractivity contribution in [3.05, 3.63) is 60.0 Å². The van der Waals surface area contributed by atoms with Crippen LogP contribution in [0.25, 0.3) is 5.57 Å². The zero-order chi connectivity index (χ0) is 17.0. The van der Waals surface area contributed by atoms with Gasteiger partial charge in [-0.3, -0.25) is 9.78 Å². The van der Waals surface area contributed by atoms with Crippen LogP contribution in [0.1, 0.15) is 45.4 Å². The highest BCUT2D eigenvalue weighted by molar-refractivity contribution is 5.76. The second kappa shape index (κ2) is 11.5. The molecule has 0 atom stereocenters. The van der Waals surface area contributed by atoms with Gasteiger partial charge >= 0.3 is 5.97 Å². The fourth-order valence-corrected chi connectivity index (χ4v) is 1.76. The molecule has 1 aromatic heterocycles. The van der Waals surface area contributed by atoms with Crippen LogP contribution in [0.4, 0.5) is 0 Å². The van der Waals surface area contributed by atoms with Crippen molar-refractivity contribution in [2.24, 2.45) is 5.90 Å². The van der Waals surface area contributed by atoms with Gasteiger partial charge in [0.1, 0.15) is 0 Å². The number of hydrogen-bond acceptors (Lipinski definition) is 4. The first-order valence-corrected chi connectivity index (χ1v) is 7.34. The Hall–Kier alpha value is -2.20. The SMILES string of the molecule is C=C/C(CC)=C(\C=C/C)c1ccc(CC)cn1.CC(=O)ON. The molecule has 0 amide bonds. The normalized spacial score (nSPS) is 11.3. The third kappa shape index (κ3) is 6.99. The number of nitrogens with two attached hydrogens (primary N) is 1. The second-order valence-electron chi connectivity index (χ2n) is 4.51. The van der Waals surface area contributed by atoms with Crippen LogP contribution in [0, 0.1) is 0 Å². The summed E-state index contributed by atoms with van der Waals surface area (Å²) in [6, 6.07) is 4.23. The summed E-state index contributed by atoms with van der Waals surface area (Å²) in [7, 11) is 0. The van der Waals surface area contributed by atoms with E-state index in [0.29, 0.717) is 0 Å². The minimum atomic E-state index is -0.468. The van der Waals surface area contributed by atoms with Crippen molar-refractivity contribution in [1.82, 2.24) is 4.98 Å². The van der Waals surface area contributed by atoms with E-state index in [9.17, 15) is 4.79 Å². The summed E-state index contributed by atoms with van der Waals surface area (Å²) >= 11 is 0. The van der Waals surface area contributed by atoms with Crippen molar-refractivity contribution < 1.29 is 9.63 Å². The number of carbonyl (C=O) groups excluding carboxylic acids is 1. The lowest BCUT2D eigenvalue weighted by molar-refractivity contribution is -0.141. The average Bonchev–Trinajstić information content (AvgIpc) is 2.55. The number of carbonyl (C=O) groups is 1. The highest BCUT2D eigenvalue weighted by Gasteiger charge is 2.04. The number of pyridine rings is 1. The predicted octanol–water partition coefficient (Wildman–Crippen LogP) is 3.99. The second-order valence-corrected chi connectivity index (χ2v) is 4.51. The van der Waals surface area contributed by atoms with E-state index in [-0.39, 0.29) is 0 Å². The highest BCUT2D eigenvalue weighted by Crippen LogP contribution is 2.21. The van der Waals surface area contributed by atoms with Gasteiger partial charge in [-0.25, -0.2) is 0 Å². The molecule has 0 saturated carbocycles. The van der Waals surface area contributed by atoms with E-state index in [1.165, 1.54) is 23.6 Å². The summed E-state index contributed by atoms with van der Waals surface area (Å²) < 4.78 is 0. The average molecular weight is 302 g/mol. The first kappa shape index (κ1) is 19.8. The number of rotatable bonds is 5. The van der Waals surface area contributed by atoms with Gasteiger partial charge in [0.25, 0.3) is 0 Å². The summed E-state index contributed by atoms with van der Waals surface area (Å²) in [4.78, 5) is 17.6. The third-order valence-electron chi connectivity index (χ3n) is 2.98. The maximum absolute atomic E-state index is 9.47. The molecule has 0 fully saturated rings. The molecule has 0 aliphatic rings. The molecule has 1 aromatic rings. The number of aryl methyl sites for hydroxylation is 1. The maximum Gasteiger partial charge on any atom is 0.321 e. The Morgan fingerprint density at radius 2 is 2.05 bits per heavy atom. The van der Waals surface area contributed by atoms with Gasteiger partial charge in [0, 0.05) is 18.7 Å². The van der Waals surface area contributed by atoms with Crippen LogP contribution in [0.3, 0.4) is 0 Å². The van der Waals surface area contributed by atoms with E-state index < -0.39 is 5.97 Å². The highest BCUT2D eigenvalue weighted by atomic mass is 16.7. The number of allylic oxidation sites excluding steroid dienone is 5. The van der Waals surface area contributed by atoms with Crippen molar-refractivity contribution in [2.75, 3.05) is 0 Å². The van der Waals surface area contributed by atoms with Gasteiger partial charge in [-0.05, 0) is 37.0 Å². The van der Waals surface area contributed by atoms with Crippen LogP contribution >= 0.6 is 0 Å². The van der Waals surface area contributed by atoms with Gasteiger partial charge in [0.05, 0.1) is 5.69 Å². The molecule has 0 saturated heterocycles. The van der Waals surface area contributed by atoms with Crippen molar-refractivity contribution in [3.63, 3.8) is 0 Å². The standard InChI is InChI=1S/C16H21N.C2H5NO2/c1-5-9-15(14(7-3)8-4)16-11-10-13(6-2)12-17-16;1-2(4)5-3/h5,7,9-12H,3,6,8H2,1-2,4H3;3H2,1H3/b9-5-,15-14-;. The molecular weight excluding hydrogens is 276 g/mol. The van der Waals surface area contributed by atoms with E-state index in [0.717, 1.165) is 18.5 Å². The molecule has 0 aliphatic heterocycles. The topological polar surface area (TPSA) is 65.2 Å². The summed E-state index contributed by atoms with van der Waals surface area (Å²) in [5, 5.41) is 0. The van der Waals surface area contributed by atoms with Crippen molar-refractivity contribution in [2.45, 2.75) is 40.5 Å². The van der Waals surface area contributed by atoms with Crippen LogP contribution in [-0.2, 0) is 16.1 Å². The molecule has 4 nitrogen and oxygen atoms in total. The molecule has 2 N–H and O–H groups in total. The summed E-state index contributed by atoms with van der Waals surface area (Å²) in [5.41, 5.74) is 4.70. The summed E-state index contributed by atoms with van der Waals surface area (Å²) in [6.07, 6.45) is 10.0. The Balaban J connectivity index is 0.000000763. The van der Waals surface area contributed by atoms with Crippen molar-refractivity contribution in [1.29, 1.82) is 0 Å². The Kier molecular flexibility index (Phi) is 10.3. The molecule has 120 valence electrons. The van der Waals surface area contributed by atoms with Gasteiger partial charge in [0.2, 0.25) is 0 Å². The van der Waals surface area contributed by atoms with E-state index in [4.69, 9.17) is 0 Å². The van der Waals surface area contributed by atoms with Gasteiger partial charge < -0.3 is 4.84 Å². The molecule has 22 heavy (non-hydrogen) atoms. The quantitative estimate of drug-likeness (QED) is 0.659. The van der Waals surface area contributed by atoms with Gasteiger partial charge in [0.15, 0.2) is 0 Å². The molecule has 1 rings (SSSR count). The summed E-state index contributed by atoms with van der Waals surface area (Å²) in [5.74, 6) is 3.85. The first-order chi connectivity index (χ1) is 10.5. The van der Waals surface area contributed by atoms with Crippen molar-refractivity contribution in [3.8, 4) is 0 Å². The molecule has 0 bridgehead atoms. The number of aromatic nitrogens is 1. The van der Waals surface area contributed by atoms with E-state index in [2.05, 4.69) is 54.4 Å². The number of nitrogens with zero attached hydrogens (tertiary/aromatic N) is 1. The fourth-order valence-electron chi connectivity index (χ4n) is 1.76. The van der Waals surface area contributed by atoms with Crippen LogP contribution in [0.2, 0.25) is 0 Å². The number of hydrogen-bond donors (Lipinski definition) is 1. The van der Waals surface area contributed by atoms with Crippen LogP contribution in [0.15, 0.2) is 48.7 Å². The third-order valence-corrected chi connectivity index (χ3v) is 2.98. The van der Waals surface area contributed by atoms with Crippen molar-refractivity contribution >= 4 is 11.5 Å². The molecule has 4 heteroatoms. The van der Waals surface area contributed by atoms with E-state index in [1.54, 1.807) is 0 Å². The Morgan fingerprint density at radius 1 is 1.41 bits per heavy atom. The van der Waals surface area contributed by atoms with Gasteiger partial charge in [-0.15, -0.1) is 0 Å². The van der Waals surface area contributed by atoms with E-state index >= 15 is 0 Å². The predicted molar refractivity (Wildman–Crippen MR) is 91.8 cm³/mol. The molecule has 0 aliphatic carbocycles. The Morgan fingerprint density at radius 3 is 2.36 bits per heavy atom. The van der Waals surface area contributed by atoms with Crippen LogP contribution in [-0.4, -0.2) is 11.0 Å². The monoisotopic (exact) mass is 302 g/mol. The molecule has 0 aromatic carbocycles. The molecule has 0 radical (unpaired) electrons. The lowest BCUT2D eigenvalue weighted by atomic mass is 10.0. The minimum Gasteiger partial charge on any atom is -0.374 e. The zero-order valence-electron chi connectivity index (χ0n) is 13.9. The lowest BCUT2D eigenvalue weighted by Gasteiger charge is -2.07. The zero-order valence-corrected chi connectivity index (χ0v) is 13.9. The van der Waals surface area contributed by atoms with Crippen LogP contribution < -0.4 is 5.90 Å². The fraction of sp³-hybridized carbons (Fsp3) is 0.333. The summed E-state index contributed by atoms with van der Waals surface area (Å²) in [6.45, 7) is 11.4.